The summed E-state index contributed by atoms with van der Waals surface area (Å²) in [6.45, 7) is 2.45. The van der Waals surface area contributed by atoms with Crippen molar-refractivity contribution in [2.75, 3.05) is 6.54 Å². The average molecular weight is 391 g/mol. The van der Waals surface area contributed by atoms with Gasteiger partial charge in [0.25, 0.3) is 11.8 Å². The Hall–Kier alpha value is -3.68. The van der Waals surface area contributed by atoms with Crippen LogP contribution in [0.5, 0.6) is 5.75 Å². The molecule has 1 aliphatic rings. The van der Waals surface area contributed by atoms with Crippen molar-refractivity contribution >= 4 is 11.8 Å². The summed E-state index contributed by atoms with van der Waals surface area (Å²) in [5.41, 5.74) is 1.67. The van der Waals surface area contributed by atoms with Crippen LogP contribution in [0.4, 0.5) is 0 Å². The Kier molecular flexibility index (Phi) is 4.99. The van der Waals surface area contributed by atoms with Gasteiger partial charge >= 0.3 is 0 Å². The molecule has 1 aromatic carbocycles. The minimum atomic E-state index is -0.212. The first-order valence-corrected chi connectivity index (χ1v) is 9.38. The first kappa shape index (κ1) is 18.7. The minimum absolute atomic E-state index is 0.0130. The number of benzene rings is 1. The standard InChI is InChI=1S/C21H21N5O3/c1-14-18(7-9-26(14)21(29)19-6-5-17(27)12-23-19)24-20(28)15-3-2-4-16(11-15)25-10-8-22-13-25/h2-6,8,10-14,18,27H,7,9H2,1H3,(H,24,28)/t14-,18+/m1/s1. The molecule has 3 heterocycles. The third-order valence-corrected chi connectivity index (χ3v) is 5.21. The molecule has 0 unspecified atom stereocenters. The molecule has 3 aromatic rings. The van der Waals surface area contributed by atoms with Crippen molar-refractivity contribution in [2.45, 2.75) is 25.4 Å². The van der Waals surface area contributed by atoms with E-state index < -0.39 is 0 Å². The lowest BCUT2D eigenvalue weighted by Gasteiger charge is -2.25. The molecule has 2 atom stereocenters. The number of rotatable bonds is 4. The molecule has 148 valence electrons. The quantitative estimate of drug-likeness (QED) is 0.709. The van der Waals surface area contributed by atoms with Gasteiger partial charge < -0.3 is 19.9 Å². The highest BCUT2D eigenvalue weighted by Gasteiger charge is 2.35. The Balaban J connectivity index is 1.44. The van der Waals surface area contributed by atoms with Crippen LogP contribution in [0.1, 0.15) is 34.2 Å². The zero-order valence-corrected chi connectivity index (χ0v) is 15.9. The van der Waals surface area contributed by atoms with Gasteiger partial charge in [-0.3, -0.25) is 9.59 Å². The minimum Gasteiger partial charge on any atom is -0.506 e. The van der Waals surface area contributed by atoms with Crippen molar-refractivity contribution in [3.63, 3.8) is 0 Å². The van der Waals surface area contributed by atoms with E-state index in [2.05, 4.69) is 15.3 Å². The lowest BCUT2D eigenvalue weighted by atomic mass is 10.1. The van der Waals surface area contributed by atoms with Crippen LogP contribution in [0.3, 0.4) is 0 Å². The Morgan fingerprint density at radius 3 is 2.83 bits per heavy atom. The van der Waals surface area contributed by atoms with E-state index in [1.54, 1.807) is 29.6 Å². The summed E-state index contributed by atoms with van der Waals surface area (Å²) in [5.74, 6) is -0.378. The number of hydrogen-bond acceptors (Lipinski definition) is 5. The number of nitrogens with one attached hydrogen (secondary N) is 1. The first-order chi connectivity index (χ1) is 14.0. The van der Waals surface area contributed by atoms with E-state index >= 15 is 0 Å². The van der Waals surface area contributed by atoms with Gasteiger partial charge in [0.15, 0.2) is 0 Å². The van der Waals surface area contributed by atoms with E-state index in [-0.39, 0.29) is 35.3 Å². The van der Waals surface area contributed by atoms with E-state index in [1.807, 2.05) is 29.8 Å². The number of amides is 2. The van der Waals surface area contributed by atoms with Gasteiger partial charge in [0.05, 0.1) is 18.6 Å². The molecule has 2 N–H and O–H groups in total. The average Bonchev–Trinajstić information content (AvgIpc) is 3.39. The second-order valence-electron chi connectivity index (χ2n) is 7.03. The fourth-order valence-corrected chi connectivity index (χ4v) is 3.55. The number of pyridine rings is 1. The second-order valence-corrected chi connectivity index (χ2v) is 7.03. The SMILES string of the molecule is C[C@@H]1[C@@H](NC(=O)c2cccc(-n3ccnc3)c2)CCN1C(=O)c1ccc(O)cn1. The number of carbonyl (C=O) groups is 2. The topological polar surface area (TPSA) is 100 Å². The maximum atomic E-state index is 12.8. The lowest BCUT2D eigenvalue weighted by Crippen LogP contribution is -2.45. The van der Waals surface area contributed by atoms with Crippen LogP contribution >= 0.6 is 0 Å². The van der Waals surface area contributed by atoms with Crippen LogP contribution < -0.4 is 5.32 Å². The maximum Gasteiger partial charge on any atom is 0.272 e. The second kappa shape index (κ2) is 7.75. The molecule has 0 radical (unpaired) electrons. The lowest BCUT2D eigenvalue weighted by molar-refractivity contribution is 0.0723. The molecule has 8 nitrogen and oxygen atoms in total. The molecular weight excluding hydrogens is 370 g/mol. The summed E-state index contributed by atoms with van der Waals surface area (Å²) in [6.07, 6.45) is 7.09. The summed E-state index contributed by atoms with van der Waals surface area (Å²) in [5, 5.41) is 12.4. The number of hydrogen-bond donors (Lipinski definition) is 2. The Labute approximate surface area is 167 Å². The monoisotopic (exact) mass is 391 g/mol. The van der Waals surface area contributed by atoms with Crippen molar-refractivity contribution in [2.24, 2.45) is 0 Å². The maximum absolute atomic E-state index is 12.8. The summed E-state index contributed by atoms with van der Waals surface area (Å²) in [4.78, 5) is 35.2. The number of carbonyl (C=O) groups excluding carboxylic acids is 2. The van der Waals surface area contributed by atoms with Crippen molar-refractivity contribution in [3.8, 4) is 11.4 Å². The third-order valence-electron chi connectivity index (χ3n) is 5.21. The summed E-state index contributed by atoms with van der Waals surface area (Å²) >= 11 is 0. The van der Waals surface area contributed by atoms with Crippen LogP contribution in [0.15, 0.2) is 61.3 Å². The highest BCUT2D eigenvalue weighted by molar-refractivity contribution is 5.95. The molecule has 1 saturated heterocycles. The Bertz CT molecular complexity index is 1020. The third kappa shape index (κ3) is 3.82. The molecule has 8 heteroatoms. The number of aromatic nitrogens is 3. The largest absolute Gasteiger partial charge is 0.506 e. The molecular formula is C21H21N5O3. The van der Waals surface area contributed by atoms with Crippen LogP contribution in [0.2, 0.25) is 0 Å². The van der Waals surface area contributed by atoms with Crippen molar-refractivity contribution in [3.05, 3.63) is 72.6 Å². The summed E-state index contributed by atoms with van der Waals surface area (Å²) in [7, 11) is 0. The zero-order valence-electron chi connectivity index (χ0n) is 15.9. The van der Waals surface area contributed by atoms with Gasteiger partial charge in [0.1, 0.15) is 11.4 Å². The van der Waals surface area contributed by atoms with E-state index in [1.165, 1.54) is 18.3 Å². The van der Waals surface area contributed by atoms with Gasteiger partial charge in [-0.15, -0.1) is 0 Å². The number of aromatic hydroxyl groups is 1. The summed E-state index contributed by atoms with van der Waals surface area (Å²) in [6, 6.07) is 9.92. The highest BCUT2D eigenvalue weighted by Crippen LogP contribution is 2.21. The molecule has 1 fully saturated rings. The highest BCUT2D eigenvalue weighted by atomic mass is 16.3. The van der Waals surface area contributed by atoms with Gasteiger partial charge in [0, 0.05) is 36.2 Å². The van der Waals surface area contributed by atoms with Gasteiger partial charge in [-0.05, 0) is 43.7 Å². The predicted molar refractivity (Wildman–Crippen MR) is 106 cm³/mol. The molecule has 1 aliphatic heterocycles. The van der Waals surface area contributed by atoms with E-state index in [4.69, 9.17) is 0 Å². The van der Waals surface area contributed by atoms with Gasteiger partial charge in [0.2, 0.25) is 0 Å². The van der Waals surface area contributed by atoms with Gasteiger partial charge in [-0.25, -0.2) is 9.97 Å². The summed E-state index contributed by atoms with van der Waals surface area (Å²) < 4.78 is 1.83. The van der Waals surface area contributed by atoms with Crippen molar-refractivity contribution in [1.82, 2.24) is 24.8 Å². The Morgan fingerprint density at radius 1 is 1.24 bits per heavy atom. The van der Waals surface area contributed by atoms with E-state index in [9.17, 15) is 14.7 Å². The van der Waals surface area contributed by atoms with E-state index in [0.29, 0.717) is 18.5 Å². The molecule has 0 spiro atoms. The molecule has 0 bridgehead atoms. The number of nitrogens with zero attached hydrogens (tertiary/aromatic N) is 4. The molecule has 0 saturated carbocycles. The van der Waals surface area contributed by atoms with Crippen LogP contribution in [-0.2, 0) is 0 Å². The van der Waals surface area contributed by atoms with Crippen LogP contribution in [0, 0.1) is 0 Å². The molecule has 2 aromatic heterocycles. The molecule has 29 heavy (non-hydrogen) atoms. The van der Waals surface area contributed by atoms with Gasteiger partial charge in [-0.1, -0.05) is 6.07 Å². The fraction of sp³-hybridized carbons (Fsp3) is 0.238. The fourth-order valence-electron chi connectivity index (χ4n) is 3.55. The molecule has 2 amide bonds. The predicted octanol–water partition coefficient (Wildman–Crippen LogP) is 2.01. The Morgan fingerprint density at radius 2 is 2.10 bits per heavy atom. The number of likely N-dealkylation sites (tertiary alicyclic amines) is 1. The van der Waals surface area contributed by atoms with E-state index in [0.717, 1.165) is 5.69 Å². The number of imidazole rings is 1. The van der Waals surface area contributed by atoms with Gasteiger partial charge in [-0.2, -0.15) is 0 Å². The molecule has 0 aliphatic carbocycles. The normalized spacial score (nSPS) is 18.6. The van der Waals surface area contributed by atoms with Crippen LogP contribution in [0.25, 0.3) is 5.69 Å². The smallest absolute Gasteiger partial charge is 0.272 e. The zero-order chi connectivity index (χ0) is 20.4. The van der Waals surface area contributed by atoms with Crippen molar-refractivity contribution < 1.29 is 14.7 Å². The van der Waals surface area contributed by atoms with Crippen LogP contribution in [-0.4, -0.2) is 55.0 Å². The first-order valence-electron chi connectivity index (χ1n) is 9.38. The van der Waals surface area contributed by atoms with Crippen molar-refractivity contribution in [1.29, 1.82) is 0 Å². The molecule has 4 rings (SSSR count).